The molecule has 0 bridgehead atoms. The van der Waals surface area contributed by atoms with E-state index >= 15 is 0 Å². The first-order valence-corrected chi connectivity index (χ1v) is 10.8. The summed E-state index contributed by atoms with van der Waals surface area (Å²) in [5.74, 6) is -4.22. The van der Waals surface area contributed by atoms with Crippen LogP contribution in [0.2, 0.25) is 5.02 Å². The molecule has 0 saturated heterocycles. The Hall–Kier alpha value is -4.46. The lowest BCUT2D eigenvalue weighted by atomic mass is 10.2. The fourth-order valence-electron chi connectivity index (χ4n) is 3.62. The van der Waals surface area contributed by atoms with E-state index in [0.717, 1.165) is 9.25 Å². The molecule has 1 N–H and O–H groups in total. The maximum atomic E-state index is 14.5. The van der Waals surface area contributed by atoms with Crippen LogP contribution >= 0.6 is 11.6 Å². The molecule has 0 radical (unpaired) electrons. The number of benzene rings is 2. The van der Waals surface area contributed by atoms with Gasteiger partial charge in [-0.2, -0.15) is 15.2 Å². The highest BCUT2D eigenvalue weighted by Gasteiger charge is 2.19. The summed E-state index contributed by atoms with van der Waals surface area (Å²) in [6.45, 7) is -3.60. The minimum atomic E-state index is -2.55. The molecule has 0 aliphatic carbocycles. The standard InChI is InChI=1S/C22H17ClF3N9O2/c1-32-7-12-4-18(13(23)5-17(12)30-32)28-20-29-21(36)35(9-19-27-10-33(2)31-19)22(37)34(20)8-11-3-15(25)16(26)6-14(11)24/h3-7,10H,8-9H2,1-2H3,(H,28,29,36)/i1D3. The van der Waals surface area contributed by atoms with Gasteiger partial charge in [0.05, 0.1) is 29.3 Å². The maximum absolute atomic E-state index is 14.5. The molecule has 11 nitrogen and oxygen atoms in total. The fourth-order valence-corrected chi connectivity index (χ4v) is 3.82. The minimum Gasteiger partial charge on any atom is -0.324 e. The Labute approximate surface area is 214 Å². The highest BCUT2D eigenvalue weighted by Crippen LogP contribution is 2.29. The smallest absolute Gasteiger partial charge is 0.324 e. The third-order valence-electron chi connectivity index (χ3n) is 5.35. The van der Waals surface area contributed by atoms with Gasteiger partial charge in [0.1, 0.15) is 12.1 Å². The molecular weight excluding hydrogens is 515 g/mol. The van der Waals surface area contributed by atoms with Gasteiger partial charge in [-0.3, -0.25) is 13.9 Å². The average Bonchev–Trinajstić information content (AvgIpc) is 3.48. The molecule has 0 saturated carbocycles. The Balaban J connectivity index is 1.63. The van der Waals surface area contributed by atoms with Gasteiger partial charge in [0.2, 0.25) is 5.95 Å². The Bertz CT molecular complexity index is 1900. The van der Waals surface area contributed by atoms with Gasteiger partial charge in [0.15, 0.2) is 17.5 Å². The molecule has 0 spiro atoms. The zero-order valence-electron chi connectivity index (χ0n) is 21.8. The molecular formula is C22H17ClF3N9O2. The van der Waals surface area contributed by atoms with E-state index in [1.807, 2.05) is 0 Å². The van der Waals surface area contributed by atoms with E-state index in [1.54, 1.807) is 7.05 Å². The van der Waals surface area contributed by atoms with Crippen molar-refractivity contribution >= 4 is 34.1 Å². The van der Waals surface area contributed by atoms with Crippen molar-refractivity contribution in [2.75, 3.05) is 5.32 Å². The van der Waals surface area contributed by atoms with Crippen LogP contribution in [0.1, 0.15) is 15.5 Å². The monoisotopic (exact) mass is 534 g/mol. The van der Waals surface area contributed by atoms with Gasteiger partial charge in [-0.15, -0.1) is 0 Å². The Morgan fingerprint density at radius 3 is 2.51 bits per heavy atom. The molecule has 0 atom stereocenters. The van der Waals surface area contributed by atoms with Crippen molar-refractivity contribution in [3.05, 3.63) is 91.6 Å². The summed E-state index contributed by atoms with van der Waals surface area (Å²) in [7, 11) is 1.58. The predicted molar refractivity (Wildman–Crippen MR) is 127 cm³/mol. The summed E-state index contributed by atoms with van der Waals surface area (Å²) >= 11 is 6.35. The first kappa shape index (κ1) is 20.7. The van der Waals surface area contributed by atoms with E-state index in [4.69, 9.17) is 15.7 Å². The second-order valence-corrected chi connectivity index (χ2v) is 8.36. The lowest BCUT2D eigenvalue weighted by molar-refractivity contribution is 0.485. The largest absolute Gasteiger partial charge is 0.355 e. The normalized spacial score (nSPS) is 12.9. The number of halogens is 4. The zero-order valence-corrected chi connectivity index (χ0v) is 19.5. The molecule has 2 aromatic carbocycles. The van der Waals surface area contributed by atoms with Gasteiger partial charge in [-0.1, -0.05) is 11.6 Å². The molecule has 0 aliphatic rings. The second kappa shape index (κ2) is 9.20. The van der Waals surface area contributed by atoms with Gasteiger partial charge < -0.3 is 5.32 Å². The van der Waals surface area contributed by atoms with E-state index in [0.29, 0.717) is 22.1 Å². The Morgan fingerprint density at radius 1 is 1.00 bits per heavy atom. The van der Waals surface area contributed by atoms with Gasteiger partial charge in [-0.05, 0) is 18.2 Å². The van der Waals surface area contributed by atoms with Gasteiger partial charge in [0.25, 0.3) is 0 Å². The number of fused-ring (bicyclic) bond motifs is 1. The number of hydrogen-bond donors (Lipinski definition) is 1. The van der Waals surface area contributed by atoms with Gasteiger partial charge in [0, 0.05) is 41.3 Å². The van der Waals surface area contributed by atoms with E-state index in [9.17, 15) is 22.8 Å². The van der Waals surface area contributed by atoms with Crippen LogP contribution in [-0.2, 0) is 27.1 Å². The molecule has 37 heavy (non-hydrogen) atoms. The topological polar surface area (TPSA) is 117 Å². The predicted octanol–water partition coefficient (Wildman–Crippen LogP) is 2.33. The first-order valence-electron chi connectivity index (χ1n) is 12.0. The molecule has 0 unspecified atom stereocenters. The highest BCUT2D eigenvalue weighted by molar-refractivity contribution is 6.34. The average molecular weight is 535 g/mol. The van der Waals surface area contributed by atoms with Crippen molar-refractivity contribution in [3.63, 3.8) is 0 Å². The van der Waals surface area contributed by atoms with Crippen molar-refractivity contribution in [1.82, 2.24) is 38.7 Å². The van der Waals surface area contributed by atoms with Crippen molar-refractivity contribution in [2.45, 2.75) is 13.1 Å². The van der Waals surface area contributed by atoms with Crippen LogP contribution in [0.25, 0.3) is 10.9 Å². The molecule has 3 heterocycles. The van der Waals surface area contributed by atoms with Crippen molar-refractivity contribution in [2.24, 2.45) is 14.0 Å². The molecule has 190 valence electrons. The van der Waals surface area contributed by atoms with Crippen LogP contribution < -0.4 is 16.7 Å². The number of hydrogen-bond acceptors (Lipinski definition) is 7. The second-order valence-electron chi connectivity index (χ2n) is 7.95. The maximum Gasteiger partial charge on any atom is 0.355 e. The van der Waals surface area contributed by atoms with Crippen molar-refractivity contribution in [3.8, 4) is 0 Å². The van der Waals surface area contributed by atoms with Crippen LogP contribution in [-0.4, -0.2) is 38.7 Å². The molecule has 0 fully saturated rings. The number of aryl methyl sites for hydroxylation is 2. The van der Waals surface area contributed by atoms with E-state index in [1.165, 1.54) is 29.3 Å². The van der Waals surface area contributed by atoms with Gasteiger partial charge in [-0.25, -0.2) is 32.3 Å². The number of rotatable bonds is 6. The van der Waals surface area contributed by atoms with Gasteiger partial charge >= 0.3 is 11.4 Å². The van der Waals surface area contributed by atoms with E-state index < -0.39 is 53.9 Å². The van der Waals surface area contributed by atoms with E-state index in [-0.39, 0.29) is 28.6 Å². The summed E-state index contributed by atoms with van der Waals surface area (Å²) in [6.07, 6.45) is 2.60. The van der Waals surface area contributed by atoms with Crippen LogP contribution in [0.15, 0.2) is 46.4 Å². The third kappa shape index (κ3) is 4.70. The SMILES string of the molecule is [2H]C([2H])([2H])n1cc2cc(Nc3nc(=O)n(Cc4ncn(C)n4)c(=O)n3Cc3cc(F)c(F)cc3F)c(Cl)cc2n1. The van der Waals surface area contributed by atoms with Crippen molar-refractivity contribution in [1.29, 1.82) is 0 Å². The lowest BCUT2D eigenvalue weighted by Crippen LogP contribution is -2.43. The van der Waals surface area contributed by atoms with Crippen LogP contribution in [0.5, 0.6) is 0 Å². The summed E-state index contributed by atoms with van der Waals surface area (Å²) in [6, 6.07) is 3.67. The summed E-state index contributed by atoms with van der Waals surface area (Å²) in [5.41, 5.74) is -2.08. The van der Waals surface area contributed by atoms with Crippen molar-refractivity contribution < 1.29 is 17.3 Å². The molecule has 15 heteroatoms. The number of nitrogens with one attached hydrogen (secondary N) is 1. The van der Waals surface area contributed by atoms with Crippen LogP contribution in [0.3, 0.4) is 0 Å². The molecule has 5 aromatic rings. The Morgan fingerprint density at radius 2 is 1.78 bits per heavy atom. The highest BCUT2D eigenvalue weighted by atomic mass is 35.5. The zero-order chi connectivity index (χ0) is 28.9. The minimum absolute atomic E-state index is 0.0185. The quantitative estimate of drug-likeness (QED) is 0.332. The lowest BCUT2D eigenvalue weighted by Gasteiger charge is -2.16. The molecule has 5 rings (SSSR count). The fraction of sp³-hybridized carbons (Fsp3) is 0.182. The van der Waals surface area contributed by atoms with Crippen LogP contribution in [0.4, 0.5) is 24.8 Å². The molecule has 0 aliphatic heterocycles. The summed E-state index contributed by atoms with van der Waals surface area (Å²) < 4.78 is 68.2. The summed E-state index contributed by atoms with van der Waals surface area (Å²) in [4.78, 5) is 34.2. The third-order valence-corrected chi connectivity index (χ3v) is 5.67. The Kier molecular flexibility index (Phi) is 5.15. The molecule has 0 amide bonds. The first-order chi connectivity index (χ1) is 18.8. The van der Waals surface area contributed by atoms with E-state index in [2.05, 4.69) is 25.5 Å². The summed E-state index contributed by atoms with van der Waals surface area (Å²) in [5, 5.41) is 11.1. The number of aromatic nitrogens is 8. The molecule has 3 aromatic heterocycles. The number of anilines is 2. The van der Waals surface area contributed by atoms with Crippen LogP contribution in [0, 0.1) is 17.5 Å². The number of nitrogens with zero attached hydrogens (tertiary/aromatic N) is 8.